The van der Waals surface area contributed by atoms with Crippen molar-refractivity contribution in [2.24, 2.45) is 0 Å². The lowest BCUT2D eigenvalue weighted by Crippen LogP contribution is -2.51. The Morgan fingerprint density at radius 2 is 1.49 bits per heavy atom. The Labute approximate surface area is 232 Å². The van der Waals surface area contributed by atoms with E-state index in [1.165, 1.54) is 10.6 Å². The monoisotopic (exact) mass is 549 g/mol. The predicted octanol–water partition coefficient (Wildman–Crippen LogP) is 4.71. The van der Waals surface area contributed by atoms with Crippen molar-refractivity contribution in [3.63, 3.8) is 0 Å². The molecule has 0 aliphatic heterocycles. The van der Waals surface area contributed by atoms with Crippen LogP contribution in [0.1, 0.15) is 43.4 Å². The Morgan fingerprint density at radius 3 is 2.05 bits per heavy atom. The minimum atomic E-state index is -3.54. The molecule has 0 saturated carbocycles. The molecule has 0 radical (unpaired) electrons. The third-order valence-electron chi connectivity index (χ3n) is 6.34. The van der Waals surface area contributed by atoms with Crippen LogP contribution < -0.4 is 9.62 Å². The number of nitrogens with one attached hydrogen (secondary N) is 1. The number of anilines is 1. The summed E-state index contributed by atoms with van der Waals surface area (Å²) in [5.41, 5.74) is 3.39. The molecule has 3 aromatic carbocycles. The molecule has 0 aliphatic carbocycles. The Morgan fingerprint density at radius 1 is 0.872 bits per heavy atom. The summed E-state index contributed by atoms with van der Waals surface area (Å²) in [5, 5.41) is 2.98. The summed E-state index contributed by atoms with van der Waals surface area (Å²) in [6.45, 7) is 6.13. The molecule has 8 heteroatoms. The highest BCUT2D eigenvalue weighted by atomic mass is 32.2. The van der Waals surface area contributed by atoms with Crippen molar-refractivity contribution in [1.82, 2.24) is 10.2 Å². The maximum Gasteiger partial charge on any atom is 0.243 e. The van der Waals surface area contributed by atoms with E-state index < -0.39 is 16.1 Å². The molecule has 39 heavy (non-hydrogen) atoms. The number of carbonyl (C=O) groups excluding carboxylic acids is 2. The maximum atomic E-state index is 13.8. The molecular weight excluding hydrogens is 510 g/mol. The van der Waals surface area contributed by atoms with E-state index in [0.717, 1.165) is 16.7 Å². The van der Waals surface area contributed by atoms with E-state index in [1.807, 2.05) is 99.6 Å². The Bertz CT molecular complexity index is 1330. The van der Waals surface area contributed by atoms with E-state index in [-0.39, 0.29) is 37.4 Å². The van der Waals surface area contributed by atoms with Crippen molar-refractivity contribution in [1.29, 1.82) is 0 Å². The lowest BCUT2D eigenvalue weighted by Gasteiger charge is -2.32. The number of sulfonamides is 1. The van der Waals surface area contributed by atoms with Crippen LogP contribution >= 0.6 is 0 Å². The lowest BCUT2D eigenvalue weighted by atomic mass is 10.0. The molecule has 0 aliphatic rings. The largest absolute Gasteiger partial charge is 0.352 e. The van der Waals surface area contributed by atoms with Crippen molar-refractivity contribution in [3.05, 3.63) is 102 Å². The third kappa shape index (κ3) is 9.25. The summed E-state index contributed by atoms with van der Waals surface area (Å²) in [4.78, 5) is 28.8. The van der Waals surface area contributed by atoms with Crippen LogP contribution in [-0.2, 0) is 32.6 Å². The predicted molar refractivity (Wildman–Crippen MR) is 157 cm³/mol. The van der Waals surface area contributed by atoms with Gasteiger partial charge in [0.05, 0.1) is 11.9 Å². The van der Waals surface area contributed by atoms with Gasteiger partial charge in [-0.3, -0.25) is 13.9 Å². The fraction of sp³-hybridized carbons (Fsp3) is 0.355. The van der Waals surface area contributed by atoms with E-state index in [2.05, 4.69) is 5.32 Å². The molecule has 0 spiro atoms. The summed E-state index contributed by atoms with van der Waals surface area (Å²) in [5.74, 6) is -0.410. The molecule has 0 bridgehead atoms. The van der Waals surface area contributed by atoms with Gasteiger partial charge in [-0.15, -0.1) is 0 Å². The van der Waals surface area contributed by atoms with Crippen molar-refractivity contribution in [3.8, 4) is 0 Å². The first-order valence-electron chi connectivity index (χ1n) is 13.3. The summed E-state index contributed by atoms with van der Waals surface area (Å²) in [6, 6.07) is 25.7. The maximum absolute atomic E-state index is 13.8. The number of benzene rings is 3. The minimum Gasteiger partial charge on any atom is -0.352 e. The topological polar surface area (TPSA) is 86.8 Å². The van der Waals surface area contributed by atoms with Crippen molar-refractivity contribution in [2.45, 2.75) is 58.7 Å². The second-order valence-corrected chi connectivity index (χ2v) is 12.1. The summed E-state index contributed by atoms with van der Waals surface area (Å²) < 4.78 is 26.5. The van der Waals surface area contributed by atoms with Crippen molar-refractivity contribution < 1.29 is 18.0 Å². The minimum absolute atomic E-state index is 0.0814. The van der Waals surface area contributed by atoms with Gasteiger partial charge in [-0.2, -0.15) is 0 Å². The van der Waals surface area contributed by atoms with Gasteiger partial charge in [0.15, 0.2) is 0 Å². The number of carbonyl (C=O) groups is 2. The normalized spacial score (nSPS) is 12.1. The van der Waals surface area contributed by atoms with Crippen LogP contribution in [0.2, 0.25) is 0 Å². The summed E-state index contributed by atoms with van der Waals surface area (Å²) >= 11 is 0. The van der Waals surface area contributed by atoms with E-state index in [1.54, 1.807) is 11.0 Å². The van der Waals surface area contributed by atoms with Gasteiger partial charge < -0.3 is 10.2 Å². The average Bonchev–Trinajstić information content (AvgIpc) is 2.88. The van der Waals surface area contributed by atoms with E-state index in [9.17, 15) is 18.0 Å². The second kappa shape index (κ2) is 13.9. The van der Waals surface area contributed by atoms with Crippen LogP contribution in [0.3, 0.4) is 0 Å². The van der Waals surface area contributed by atoms with Gasteiger partial charge in [-0.05, 0) is 56.0 Å². The average molecular weight is 550 g/mol. The van der Waals surface area contributed by atoms with Gasteiger partial charge >= 0.3 is 0 Å². The van der Waals surface area contributed by atoms with Crippen molar-refractivity contribution in [2.75, 3.05) is 17.1 Å². The zero-order valence-electron chi connectivity index (χ0n) is 23.2. The first-order valence-corrected chi connectivity index (χ1v) is 15.1. The fourth-order valence-corrected chi connectivity index (χ4v) is 5.46. The van der Waals surface area contributed by atoms with Crippen LogP contribution in [-0.4, -0.2) is 50.0 Å². The lowest BCUT2D eigenvalue weighted by molar-refractivity contribution is -0.141. The fourth-order valence-electron chi connectivity index (χ4n) is 4.50. The first-order chi connectivity index (χ1) is 18.5. The Kier molecular flexibility index (Phi) is 10.7. The molecular formula is C31H39N3O4S. The zero-order chi connectivity index (χ0) is 28.4. The highest BCUT2D eigenvalue weighted by molar-refractivity contribution is 7.92. The number of aryl methyl sites for hydroxylation is 1. The molecule has 2 amide bonds. The summed E-state index contributed by atoms with van der Waals surface area (Å²) in [6.07, 6.45) is 1.96. The van der Waals surface area contributed by atoms with Gasteiger partial charge in [0, 0.05) is 32.0 Å². The number of rotatable bonds is 13. The number of hydrogen-bond acceptors (Lipinski definition) is 4. The molecule has 0 unspecified atom stereocenters. The van der Waals surface area contributed by atoms with Crippen LogP contribution in [0.25, 0.3) is 0 Å². The highest BCUT2D eigenvalue weighted by Gasteiger charge is 2.30. The SMILES string of the molecule is Cc1cccc(N(CCCC(=O)N(Cc2ccccc2)[C@H](Cc2ccccc2)C(=O)NC(C)C)S(C)(=O)=O)c1. The molecule has 0 fully saturated rings. The molecule has 0 saturated heterocycles. The quantitative estimate of drug-likeness (QED) is 0.335. The molecule has 208 valence electrons. The smallest absolute Gasteiger partial charge is 0.243 e. The van der Waals surface area contributed by atoms with Crippen LogP contribution in [0.15, 0.2) is 84.9 Å². The molecule has 1 N–H and O–H groups in total. The number of hydrogen-bond donors (Lipinski definition) is 1. The second-order valence-electron chi connectivity index (χ2n) is 10.2. The van der Waals surface area contributed by atoms with Crippen molar-refractivity contribution >= 4 is 27.5 Å². The van der Waals surface area contributed by atoms with E-state index in [4.69, 9.17) is 0 Å². The van der Waals surface area contributed by atoms with Gasteiger partial charge in [-0.25, -0.2) is 8.42 Å². The molecule has 1 atom stereocenters. The standard InChI is InChI=1S/C31H39N3O4S/c1-24(2)32-31(36)29(22-26-14-7-5-8-15-26)33(23-27-16-9-6-10-17-27)30(35)19-12-20-34(39(4,37)38)28-18-11-13-25(3)21-28/h5-11,13-18,21,24,29H,12,19-20,22-23H2,1-4H3,(H,32,36)/t29-/m1/s1. The van der Waals surface area contributed by atoms with Gasteiger partial charge in [-0.1, -0.05) is 72.8 Å². The molecule has 3 aromatic rings. The zero-order valence-corrected chi connectivity index (χ0v) is 24.0. The van der Waals surface area contributed by atoms with Crippen LogP contribution in [0, 0.1) is 6.92 Å². The van der Waals surface area contributed by atoms with E-state index >= 15 is 0 Å². The molecule has 0 aromatic heterocycles. The number of amides is 2. The number of nitrogens with zero attached hydrogens (tertiary/aromatic N) is 2. The molecule has 0 heterocycles. The Hall–Kier alpha value is -3.65. The van der Waals surface area contributed by atoms with Gasteiger partial charge in [0.25, 0.3) is 0 Å². The summed E-state index contributed by atoms with van der Waals surface area (Å²) in [7, 11) is -3.54. The first kappa shape index (κ1) is 29.9. The molecule has 3 rings (SSSR count). The third-order valence-corrected chi connectivity index (χ3v) is 7.53. The molecule has 7 nitrogen and oxygen atoms in total. The van der Waals surface area contributed by atoms with Gasteiger partial charge in [0.2, 0.25) is 21.8 Å². The Balaban J connectivity index is 1.86. The van der Waals surface area contributed by atoms with Crippen LogP contribution in [0.4, 0.5) is 5.69 Å². The van der Waals surface area contributed by atoms with Gasteiger partial charge in [0.1, 0.15) is 6.04 Å². The highest BCUT2D eigenvalue weighted by Crippen LogP contribution is 2.21. The van der Waals surface area contributed by atoms with E-state index in [0.29, 0.717) is 18.5 Å². The van der Waals surface area contributed by atoms with Crippen LogP contribution in [0.5, 0.6) is 0 Å².